The first-order valence-electron chi connectivity index (χ1n) is 6.99. The van der Waals surface area contributed by atoms with Crippen LogP contribution in [0.4, 0.5) is 0 Å². The lowest BCUT2D eigenvalue weighted by molar-refractivity contribution is 0.124. The number of thiazole rings is 1. The lowest BCUT2D eigenvalue weighted by Crippen LogP contribution is -2.35. The van der Waals surface area contributed by atoms with Crippen LogP contribution in [0.5, 0.6) is 0 Å². The topological polar surface area (TPSA) is 54.4 Å². The van der Waals surface area contributed by atoms with E-state index in [-0.39, 0.29) is 12.0 Å². The summed E-state index contributed by atoms with van der Waals surface area (Å²) in [4.78, 5) is 5.71. The molecule has 0 radical (unpaired) electrons. The fourth-order valence-electron chi connectivity index (χ4n) is 2.43. The second kappa shape index (κ2) is 6.79. The maximum Gasteiger partial charge on any atom is 0.0953 e. The summed E-state index contributed by atoms with van der Waals surface area (Å²) in [5.41, 5.74) is 0.125. The molecule has 1 saturated heterocycles. The van der Waals surface area contributed by atoms with Gasteiger partial charge in [-0.25, -0.2) is 4.98 Å². The Morgan fingerprint density at radius 1 is 1.58 bits per heavy atom. The smallest absolute Gasteiger partial charge is 0.0953 e. The molecule has 1 aromatic heterocycles. The Labute approximate surface area is 119 Å². The molecule has 1 unspecified atom stereocenters. The Morgan fingerprint density at radius 3 is 3.00 bits per heavy atom. The van der Waals surface area contributed by atoms with Gasteiger partial charge in [-0.15, -0.1) is 11.3 Å². The lowest BCUT2D eigenvalue weighted by atomic mass is 9.84. The van der Waals surface area contributed by atoms with Crippen LogP contribution in [0.2, 0.25) is 0 Å². The minimum absolute atomic E-state index is 0.125. The number of rotatable bonds is 7. The first-order chi connectivity index (χ1) is 9.15. The molecule has 108 valence electrons. The molecule has 0 aliphatic carbocycles. The molecule has 2 N–H and O–H groups in total. The summed E-state index contributed by atoms with van der Waals surface area (Å²) in [6.45, 7) is 7.92. The van der Waals surface area contributed by atoms with E-state index in [4.69, 9.17) is 4.74 Å². The maximum atomic E-state index is 9.18. The van der Waals surface area contributed by atoms with Crippen LogP contribution in [-0.4, -0.2) is 36.5 Å². The van der Waals surface area contributed by atoms with Gasteiger partial charge in [0.25, 0.3) is 0 Å². The molecule has 19 heavy (non-hydrogen) atoms. The zero-order valence-electron chi connectivity index (χ0n) is 11.8. The van der Waals surface area contributed by atoms with Gasteiger partial charge in [-0.2, -0.15) is 0 Å². The molecule has 1 fully saturated rings. The molecule has 0 amide bonds. The van der Waals surface area contributed by atoms with E-state index in [1.54, 1.807) is 11.3 Å². The van der Waals surface area contributed by atoms with Crippen molar-refractivity contribution in [3.05, 3.63) is 16.1 Å². The molecule has 1 atom stereocenters. The minimum Gasteiger partial charge on any atom is -0.396 e. The van der Waals surface area contributed by atoms with E-state index in [2.05, 4.69) is 24.1 Å². The van der Waals surface area contributed by atoms with Crippen molar-refractivity contribution >= 4 is 11.3 Å². The van der Waals surface area contributed by atoms with Crippen LogP contribution in [0.1, 0.15) is 42.5 Å². The number of nitrogens with one attached hydrogen (secondary N) is 1. The molecule has 1 aromatic rings. The van der Waals surface area contributed by atoms with Gasteiger partial charge in [0.2, 0.25) is 0 Å². The van der Waals surface area contributed by atoms with Gasteiger partial charge in [0.05, 0.1) is 11.6 Å². The predicted molar refractivity (Wildman–Crippen MR) is 77.5 cm³/mol. The molecule has 5 heteroatoms. The molecule has 0 aromatic carbocycles. The first-order valence-corrected chi connectivity index (χ1v) is 7.81. The molecule has 0 saturated carbocycles. The number of hydrogen-bond donors (Lipinski definition) is 2. The normalized spacial score (nSPS) is 23.4. The quantitative estimate of drug-likeness (QED) is 0.805. The Morgan fingerprint density at radius 2 is 2.42 bits per heavy atom. The van der Waals surface area contributed by atoms with Gasteiger partial charge in [-0.1, -0.05) is 13.8 Å². The molecular formula is C14H24N2O2S. The first kappa shape index (κ1) is 14.9. The standard InChI is InChI=1S/C14H24N2O2S/c1-11(2)13-16-8-12(19-13)7-15-9-14(3-5-17)4-6-18-10-14/h8,11,15,17H,3-7,9-10H2,1-2H3. The SMILES string of the molecule is CC(C)c1ncc(CNCC2(CCO)CCOC2)s1. The number of aliphatic hydroxyl groups is 1. The monoisotopic (exact) mass is 284 g/mol. The van der Waals surface area contributed by atoms with E-state index >= 15 is 0 Å². The fourth-order valence-corrected chi connectivity index (χ4v) is 3.32. The number of hydrogen-bond acceptors (Lipinski definition) is 5. The Balaban J connectivity index is 1.81. The van der Waals surface area contributed by atoms with Gasteiger partial charge in [0.15, 0.2) is 0 Å². The molecule has 2 rings (SSSR count). The molecular weight excluding hydrogens is 260 g/mol. The molecule has 0 spiro atoms. The summed E-state index contributed by atoms with van der Waals surface area (Å²) < 4.78 is 5.49. The summed E-state index contributed by atoms with van der Waals surface area (Å²) in [5.74, 6) is 0.503. The van der Waals surface area contributed by atoms with E-state index in [9.17, 15) is 5.11 Å². The van der Waals surface area contributed by atoms with Gasteiger partial charge in [0, 0.05) is 48.7 Å². The fraction of sp³-hybridized carbons (Fsp3) is 0.786. The number of aliphatic hydroxyl groups excluding tert-OH is 1. The van der Waals surface area contributed by atoms with Crippen LogP contribution < -0.4 is 5.32 Å². The van der Waals surface area contributed by atoms with Crippen molar-refractivity contribution in [2.75, 3.05) is 26.4 Å². The highest BCUT2D eigenvalue weighted by Gasteiger charge is 2.33. The predicted octanol–water partition coefficient (Wildman–Crippen LogP) is 2.15. The highest BCUT2D eigenvalue weighted by atomic mass is 32.1. The second-order valence-corrected chi connectivity index (χ2v) is 6.85. The molecule has 0 bridgehead atoms. The lowest BCUT2D eigenvalue weighted by Gasteiger charge is -2.26. The molecule has 2 heterocycles. The maximum absolute atomic E-state index is 9.18. The van der Waals surface area contributed by atoms with Gasteiger partial charge in [-0.3, -0.25) is 0 Å². The van der Waals surface area contributed by atoms with Crippen molar-refractivity contribution in [1.82, 2.24) is 10.3 Å². The van der Waals surface area contributed by atoms with Crippen molar-refractivity contribution in [1.29, 1.82) is 0 Å². The number of ether oxygens (including phenoxy) is 1. The molecule has 1 aliphatic rings. The van der Waals surface area contributed by atoms with Crippen LogP contribution in [0.25, 0.3) is 0 Å². The third-order valence-corrected chi connectivity index (χ3v) is 4.99. The minimum atomic E-state index is 0.125. The summed E-state index contributed by atoms with van der Waals surface area (Å²) >= 11 is 1.78. The zero-order chi connectivity index (χ0) is 13.7. The molecule has 4 nitrogen and oxygen atoms in total. The van der Waals surface area contributed by atoms with Crippen molar-refractivity contribution in [2.45, 2.75) is 39.2 Å². The third-order valence-electron chi connectivity index (χ3n) is 3.69. The van der Waals surface area contributed by atoms with E-state index in [0.717, 1.165) is 39.1 Å². The zero-order valence-corrected chi connectivity index (χ0v) is 12.6. The highest BCUT2D eigenvalue weighted by molar-refractivity contribution is 7.11. The van der Waals surface area contributed by atoms with E-state index in [1.807, 2.05) is 6.20 Å². The molecule has 1 aliphatic heterocycles. The van der Waals surface area contributed by atoms with Crippen molar-refractivity contribution in [3.8, 4) is 0 Å². The van der Waals surface area contributed by atoms with Crippen LogP contribution in [0.3, 0.4) is 0 Å². The second-order valence-electron chi connectivity index (χ2n) is 5.70. The number of nitrogens with zero attached hydrogens (tertiary/aromatic N) is 1. The average molecular weight is 284 g/mol. The Kier molecular flexibility index (Phi) is 5.33. The summed E-state index contributed by atoms with van der Waals surface area (Å²) in [5, 5.41) is 13.9. The number of aromatic nitrogens is 1. The van der Waals surface area contributed by atoms with Gasteiger partial charge < -0.3 is 15.2 Å². The average Bonchev–Trinajstić information content (AvgIpc) is 2.99. The van der Waals surface area contributed by atoms with Crippen LogP contribution >= 0.6 is 11.3 Å². The Hall–Kier alpha value is -0.490. The van der Waals surface area contributed by atoms with Crippen LogP contribution in [0, 0.1) is 5.41 Å². The van der Waals surface area contributed by atoms with Gasteiger partial charge in [0.1, 0.15) is 0 Å². The highest BCUT2D eigenvalue weighted by Crippen LogP contribution is 2.31. The Bertz CT molecular complexity index is 387. The van der Waals surface area contributed by atoms with Crippen molar-refractivity contribution in [3.63, 3.8) is 0 Å². The summed E-state index contributed by atoms with van der Waals surface area (Å²) in [7, 11) is 0. The van der Waals surface area contributed by atoms with E-state index in [1.165, 1.54) is 9.88 Å². The van der Waals surface area contributed by atoms with Gasteiger partial charge >= 0.3 is 0 Å². The summed E-state index contributed by atoms with van der Waals surface area (Å²) in [6.07, 6.45) is 3.83. The van der Waals surface area contributed by atoms with E-state index < -0.39 is 0 Å². The largest absolute Gasteiger partial charge is 0.396 e. The van der Waals surface area contributed by atoms with E-state index in [0.29, 0.717) is 5.92 Å². The van der Waals surface area contributed by atoms with Crippen LogP contribution in [0.15, 0.2) is 6.20 Å². The van der Waals surface area contributed by atoms with Crippen LogP contribution in [-0.2, 0) is 11.3 Å². The van der Waals surface area contributed by atoms with Crippen molar-refractivity contribution in [2.24, 2.45) is 5.41 Å². The van der Waals surface area contributed by atoms with Crippen molar-refractivity contribution < 1.29 is 9.84 Å². The third kappa shape index (κ3) is 3.99. The summed E-state index contributed by atoms with van der Waals surface area (Å²) in [6, 6.07) is 0. The van der Waals surface area contributed by atoms with Gasteiger partial charge in [-0.05, 0) is 12.8 Å².